The molecule has 2 fully saturated rings. The van der Waals surface area contributed by atoms with Crippen LogP contribution in [0.25, 0.3) is 0 Å². The van der Waals surface area contributed by atoms with Crippen molar-refractivity contribution in [2.24, 2.45) is 28.8 Å². The molecule has 0 N–H and O–H groups in total. The number of hydrogen-bond donors (Lipinski definition) is 0. The molecule has 5 rings (SSSR count). The first kappa shape index (κ1) is 14.8. The number of halogens is 1. The van der Waals surface area contributed by atoms with E-state index in [4.69, 9.17) is 0 Å². The third-order valence-electron chi connectivity index (χ3n) is 5.25. The number of fused-ring (bicyclic) bond motifs is 1. The van der Waals surface area contributed by atoms with Crippen LogP contribution in [0.2, 0.25) is 0 Å². The SMILES string of the molecule is Cc1ccc(/C=N\N2C(=O)[C@H]3[C@H](C2=O)[C@H]2C=C[C@H]3CC2)cc1Br. The van der Waals surface area contributed by atoms with Gasteiger partial charge in [-0.15, -0.1) is 0 Å². The van der Waals surface area contributed by atoms with Crippen LogP contribution in [0, 0.1) is 30.6 Å². The highest BCUT2D eigenvalue weighted by atomic mass is 79.9. The molecule has 1 heterocycles. The first-order valence-electron chi connectivity index (χ1n) is 7.92. The van der Waals surface area contributed by atoms with Crippen LogP contribution in [-0.4, -0.2) is 23.0 Å². The highest BCUT2D eigenvalue weighted by molar-refractivity contribution is 9.10. The average Bonchev–Trinajstić information content (AvgIpc) is 2.83. The fourth-order valence-electron chi connectivity index (χ4n) is 3.99. The summed E-state index contributed by atoms with van der Waals surface area (Å²) in [6.07, 6.45) is 7.83. The summed E-state index contributed by atoms with van der Waals surface area (Å²) in [6, 6.07) is 5.83. The van der Waals surface area contributed by atoms with Gasteiger partial charge in [-0.3, -0.25) is 9.59 Å². The molecule has 0 aromatic heterocycles. The molecular weight excluding hydrogens is 356 g/mol. The zero-order valence-electron chi connectivity index (χ0n) is 12.8. The van der Waals surface area contributed by atoms with Gasteiger partial charge in [0.1, 0.15) is 0 Å². The zero-order valence-corrected chi connectivity index (χ0v) is 14.4. The van der Waals surface area contributed by atoms with Crippen molar-refractivity contribution in [1.29, 1.82) is 0 Å². The van der Waals surface area contributed by atoms with Gasteiger partial charge in [0.15, 0.2) is 0 Å². The van der Waals surface area contributed by atoms with Crippen molar-refractivity contribution in [2.75, 3.05) is 0 Å². The Morgan fingerprint density at radius 2 is 1.74 bits per heavy atom. The molecular formula is C18H17BrN2O2. The summed E-state index contributed by atoms with van der Waals surface area (Å²) in [5.74, 6) is -0.269. The van der Waals surface area contributed by atoms with E-state index < -0.39 is 0 Å². The molecule has 5 heteroatoms. The lowest BCUT2D eigenvalue weighted by Gasteiger charge is -2.37. The highest BCUT2D eigenvalue weighted by Gasteiger charge is 2.56. The zero-order chi connectivity index (χ0) is 16.1. The van der Waals surface area contributed by atoms with E-state index in [2.05, 4.69) is 33.2 Å². The number of carbonyl (C=O) groups is 2. The molecule has 118 valence electrons. The van der Waals surface area contributed by atoms with Gasteiger partial charge >= 0.3 is 0 Å². The maximum atomic E-state index is 12.6. The molecule has 1 aliphatic heterocycles. The molecule has 3 aliphatic carbocycles. The predicted molar refractivity (Wildman–Crippen MR) is 90.7 cm³/mol. The largest absolute Gasteiger partial charge is 0.272 e. The second-order valence-electron chi connectivity index (χ2n) is 6.58. The lowest BCUT2D eigenvalue weighted by Crippen LogP contribution is -2.38. The minimum atomic E-state index is -0.201. The van der Waals surface area contributed by atoms with Crippen molar-refractivity contribution in [3.63, 3.8) is 0 Å². The Labute approximate surface area is 143 Å². The van der Waals surface area contributed by atoms with Gasteiger partial charge in [0.25, 0.3) is 11.8 Å². The Morgan fingerprint density at radius 1 is 1.13 bits per heavy atom. The quantitative estimate of drug-likeness (QED) is 0.454. The van der Waals surface area contributed by atoms with Crippen molar-refractivity contribution in [2.45, 2.75) is 19.8 Å². The molecule has 2 bridgehead atoms. The van der Waals surface area contributed by atoms with Crippen LogP contribution in [0.15, 0.2) is 39.9 Å². The summed E-state index contributed by atoms with van der Waals surface area (Å²) in [5, 5.41) is 5.31. The first-order chi connectivity index (χ1) is 11.1. The molecule has 0 unspecified atom stereocenters. The van der Waals surface area contributed by atoms with Gasteiger partial charge in [0.2, 0.25) is 0 Å². The summed E-state index contributed by atoms with van der Waals surface area (Å²) in [6.45, 7) is 2.01. The Morgan fingerprint density at radius 3 is 2.26 bits per heavy atom. The smallest absolute Gasteiger partial charge is 0.254 e. The summed E-state index contributed by atoms with van der Waals surface area (Å²) < 4.78 is 0.983. The van der Waals surface area contributed by atoms with Gasteiger partial charge in [-0.2, -0.15) is 10.1 Å². The van der Waals surface area contributed by atoms with Crippen LogP contribution in [0.4, 0.5) is 0 Å². The number of rotatable bonds is 2. The Balaban J connectivity index is 1.60. The second kappa shape index (κ2) is 5.41. The van der Waals surface area contributed by atoms with Crippen LogP contribution < -0.4 is 0 Å². The third kappa shape index (κ3) is 2.29. The van der Waals surface area contributed by atoms with E-state index in [1.165, 1.54) is 0 Å². The van der Waals surface area contributed by atoms with E-state index >= 15 is 0 Å². The molecule has 1 aromatic carbocycles. The minimum Gasteiger partial charge on any atom is -0.272 e. The van der Waals surface area contributed by atoms with Crippen molar-refractivity contribution in [3.05, 3.63) is 46.0 Å². The molecule has 0 spiro atoms. The topological polar surface area (TPSA) is 49.7 Å². The Hall–Kier alpha value is -1.75. The number of allylic oxidation sites excluding steroid dienone is 2. The standard InChI is InChI=1S/C18H17BrN2O2/c1-10-2-3-11(8-14(10)19)9-20-21-17(22)15-12-4-5-13(7-6-12)16(15)18(21)23/h2-5,8-9,12-13,15-16H,6-7H2,1H3/b20-9-/t12-,13-,15+,16+/m0/s1. The third-order valence-corrected chi connectivity index (χ3v) is 6.11. The van der Waals surface area contributed by atoms with Crippen LogP contribution in [0.5, 0.6) is 0 Å². The lowest BCUT2D eigenvalue weighted by molar-refractivity contribution is -0.140. The van der Waals surface area contributed by atoms with Gasteiger partial charge < -0.3 is 0 Å². The summed E-state index contributed by atoms with van der Waals surface area (Å²) in [7, 11) is 0. The van der Waals surface area contributed by atoms with Crippen molar-refractivity contribution >= 4 is 34.0 Å². The number of aryl methyl sites for hydroxylation is 1. The van der Waals surface area contributed by atoms with Crippen molar-refractivity contribution in [3.8, 4) is 0 Å². The van der Waals surface area contributed by atoms with E-state index in [9.17, 15) is 9.59 Å². The molecule has 1 saturated heterocycles. The average molecular weight is 373 g/mol. The summed E-state index contributed by atoms with van der Waals surface area (Å²) in [5.41, 5.74) is 1.99. The Kier molecular flexibility index (Phi) is 3.48. The number of benzene rings is 1. The normalized spacial score (nSPS) is 32.2. The lowest BCUT2D eigenvalue weighted by atomic mass is 9.63. The fraction of sp³-hybridized carbons (Fsp3) is 0.389. The first-order valence-corrected chi connectivity index (χ1v) is 8.72. The number of amides is 2. The van der Waals surface area contributed by atoms with E-state index in [-0.39, 0.29) is 35.5 Å². The van der Waals surface area contributed by atoms with Crippen LogP contribution in [0.3, 0.4) is 0 Å². The maximum Gasteiger partial charge on any atom is 0.254 e. The van der Waals surface area contributed by atoms with Crippen molar-refractivity contribution < 1.29 is 9.59 Å². The molecule has 1 aromatic rings. The summed E-state index contributed by atoms with van der Waals surface area (Å²) in [4.78, 5) is 25.3. The van der Waals surface area contributed by atoms with Gasteiger partial charge in [-0.25, -0.2) is 0 Å². The molecule has 0 radical (unpaired) electrons. The number of carbonyl (C=O) groups excluding carboxylic acids is 2. The van der Waals surface area contributed by atoms with E-state index in [1.54, 1.807) is 6.21 Å². The Bertz CT molecular complexity index is 723. The van der Waals surface area contributed by atoms with Crippen LogP contribution >= 0.6 is 15.9 Å². The predicted octanol–water partition coefficient (Wildman–Crippen LogP) is 3.29. The molecule has 4 atom stereocenters. The molecule has 1 saturated carbocycles. The highest BCUT2D eigenvalue weighted by Crippen LogP contribution is 2.49. The van der Waals surface area contributed by atoms with E-state index in [0.717, 1.165) is 33.5 Å². The molecule has 2 amide bonds. The van der Waals surface area contributed by atoms with E-state index in [0.29, 0.717) is 0 Å². The minimum absolute atomic E-state index is 0.138. The summed E-state index contributed by atoms with van der Waals surface area (Å²) >= 11 is 3.48. The molecule has 4 nitrogen and oxygen atoms in total. The number of imide groups is 1. The molecule has 23 heavy (non-hydrogen) atoms. The molecule has 4 aliphatic rings. The van der Waals surface area contributed by atoms with Crippen molar-refractivity contribution in [1.82, 2.24) is 5.01 Å². The monoisotopic (exact) mass is 372 g/mol. The maximum absolute atomic E-state index is 12.6. The van der Waals surface area contributed by atoms with E-state index in [1.807, 2.05) is 25.1 Å². The fourth-order valence-corrected chi connectivity index (χ4v) is 4.38. The number of hydrazone groups is 1. The van der Waals surface area contributed by atoms with Gasteiger partial charge in [-0.1, -0.05) is 40.2 Å². The number of nitrogens with zero attached hydrogens (tertiary/aromatic N) is 2. The van der Waals surface area contributed by atoms with Gasteiger partial charge in [0, 0.05) is 4.47 Å². The second-order valence-corrected chi connectivity index (χ2v) is 7.44. The number of hydrogen-bond acceptors (Lipinski definition) is 3. The van der Waals surface area contributed by atoms with Gasteiger partial charge in [0.05, 0.1) is 18.1 Å². The van der Waals surface area contributed by atoms with Crippen LogP contribution in [-0.2, 0) is 9.59 Å². The van der Waals surface area contributed by atoms with Gasteiger partial charge in [-0.05, 0) is 48.8 Å². The van der Waals surface area contributed by atoms with Crippen LogP contribution in [0.1, 0.15) is 24.0 Å².